The molecule has 1 aromatic carbocycles. The largest absolute Gasteiger partial charge is 0.480 e. The second-order valence-corrected chi connectivity index (χ2v) is 5.52. The van der Waals surface area contributed by atoms with E-state index < -0.39 is 12.0 Å². The number of benzene rings is 1. The van der Waals surface area contributed by atoms with Gasteiger partial charge in [-0.15, -0.1) is 22.0 Å². The van der Waals surface area contributed by atoms with Crippen LogP contribution in [0.5, 0.6) is 0 Å². The van der Waals surface area contributed by atoms with Crippen LogP contribution in [0.3, 0.4) is 0 Å². The Morgan fingerprint density at radius 1 is 1.38 bits per heavy atom. The standard InChI is InChI=1S/C14H17N3O3S/c1-9-15-16-12(20-9)8-17(2)13(14(18)19)10-4-6-11(21-3)7-5-10/h4-7,13H,8H2,1-3H3,(H,18,19). The van der Waals surface area contributed by atoms with E-state index in [1.54, 1.807) is 30.6 Å². The summed E-state index contributed by atoms with van der Waals surface area (Å²) in [6.45, 7) is 1.98. The first-order valence-electron chi connectivity index (χ1n) is 6.37. The number of thioether (sulfide) groups is 1. The third-order valence-corrected chi connectivity index (χ3v) is 3.80. The molecule has 1 unspecified atom stereocenters. The lowest BCUT2D eigenvalue weighted by atomic mass is 10.1. The molecule has 0 saturated heterocycles. The molecule has 112 valence electrons. The first-order valence-corrected chi connectivity index (χ1v) is 7.59. The molecular formula is C14H17N3O3S. The Morgan fingerprint density at radius 2 is 2.05 bits per heavy atom. The van der Waals surface area contributed by atoms with Gasteiger partial charge in [-0.05, 0) is 31.0 Å². The quantitative estimate of drug-likeness (QED) is 0.820. The third kappa shape index (κ3) is 3.83. The van der Waals surface area contributed by atoms with Gasteiger partial charge in [0.25, 0.3) is 0 Å². The number of nitrogens with zero attached hydrogens (tertiary/aromatic N) is 3. The highest BCUT2D eigenvalue weighted by Gasteiger charge is 2.26. The van der Waals surface area contributed by atoms with E-state index in [0.29, 0.717) is 11.8 Å². The van der Waals surface area contributed by atoms with Gasteiger partial charge in [0, 0.05) is 11.8 Å². The SMILES string of the molecule is CSc1ccc(C(C(=O)O)N(C)Cc2nnc(C)o2)cc1. The maximum Gasteiger partial charge on any atom is 0.325 e. The Labute approximate surface area is 127 Å². The molecule has 2 aromatic rings. The zero-order chi connectivity index (χ0) is 15.4. The number of hydrogen-bond acceptors (Lipinski definition) is 6. The van der Waals surface area contributed by atoms with Crippen molar-refractivity contribution in [1.82, 2.24) is 15.1 Å². The van der Waals surface area contributed by atoms with Crippen molar-refractivity contribution < 1.29 is 14.3 Å². The Kier molecular flexibility index (Phi) is 4.98. The molecule has 0 aliphatic rings. The highest BCUT2D eigenvalue weighted by Crippen LogP contribution is 2.24. The number of carbonyl (C=O) groups is 1. The Hall–Kier alpha value is -1.86. The summed E-state index contributed by atoms with van der Waals surface area (Å²) >= 11 is 1.62. The van der Waals surface area contributed by atoms with Gasteiger partial charge in [0.1, 0.15) is 6.04 Å². The van der Waals surface area contributed by atoms with E-state index in [9.17, 15) is 9.90 Å². The smallest absolute Gasteiger partial charge is 0.325 e. The molecule has 2 rings (SSSR count). The minimum absolute atomic E-state index is 0.280. The van der Waals surface area contributed by atoms with Crippen molar-refractivity contribution >= 4 is 17.7 Å². The van der Waals surface area contributed by atoms with Crippen molar-refractivity contribution in [2.24, 2.45) is 0 Å². The predicted octanol–water partition coefficient (Wildman–Crippen LogP) is 2.36. The van der Waals surface area contributed by atoms with Crippen molar-refractivity contribution in [1.29, 1.82) is 0 Å². The second-order valence-electron chi connectivity index (χ2n) is 4.64. The summed E-state index contributed by atoms with van der Waals surface area (Å²) in [4.78, 5) is 14.3. The van der Waals surface area contributed by atoms with Gasteiger partial charge in [-0.2, -0.15) is 0 Å². The van der Waals surface area contributed by atoms with Crippen LogP contribution < -0.4 is 0 Å². The van der Waals surface area contributed by atoms with Crippen LogP contribution in [0.15, 0.2) is 33.6 Å². The Morgan fingerprint density at radius 3 is 2.52 bits per heavy atom. The molecule has 0 radical (unpaired) electrons. The molecule has 6 nitrogen and oxygen atoms in total. The average Bonchev–Trinajstić information content (AvgIpc) is 2.84. The molecule has 0 fully saturated rings. The zero-order valence-corrected chi connectivity index (χ0v) is 12.9. The van der Waals surface area contributed by atoms with Gasteiger partial charge < -0.3 is 9.52 Å². The van der Waals surface area contributed by atoms with Crippen molar-refractivity contribution in [2.75, 3.05) is 13.3 Å². The van der Waals surface area contributed by atoms with Crippen molar-refractivity contribution in [2.45, 2.75) is 24.4 Å². The summed E-state index contributed by atoms with van der Waals surface area (Å²) < 4.78 is 5.30. The summed E-state index contributed by atoms with van der Waals surface area (Å²) in [6, 6.07) is 6.75. The Balaban J connectivity index is 2.18. The Bertz CT molecular complexity index is 612. The maximum atomic E-state index is 11.6. The number of aromatic nitrogens is 2. The fraction of sp³-hybridized carbons (Fsp3) is 0.357. The average molecular weight is 307 g/mol. The summed E-state index contributed by atoms with van der Waals surface area (Å²) in [5, 5.41) is 17.1. The van der Waals surface area contributed by atoms with Crippen LogP contribution in [0.2, 0.25) is 0 Å². The number of aryl methyl sites for hydroxylation is 1. The van der Waals surface area contributed by atoms with Gasteiger partial charge in [-0.1, -0.05) is 12.1 Å². The molecule has 21 heavy (non-hydrogen) atoms. The highest BCUT2D eigenvalue weighted by atomic mass is 32.2. The van der Waals surface area contributed by atoms with E-state index in [4.69, 9.17) is 4.42 Å². The van der Waals surface area contributed by atoms with E-state index in [2.05, 4.69) is 10.2 Å². The van der Waals surface area contributed by atoms with Crippen LogP contribution in [0.1, 0.15) is 23.4 Å². The van der Waals surface area contributed by atoms with Crippen molar-refractivity contribution in [3.8, 4) is 0 Å². The maximum absolute atomic E-state index is 11.6. The van der Waals surface area contributed by atoms with Crippen LogP contribution in [-0.2, 0) is 11.3 Å². The van der Waals surface area contributed by atoms with Gasteiger partial charge in [0.2, 0.25) is 11.8 Å². The number of aliphatic carboxylic acids is 1. The molecule has 0 amide bonds. The van der Waals surface area contributed by atoms with Gasteiger partial charge in [0.05, 0.1) is 6.54 Å². The minimum Gasteiger partial charge on any atom is -0.480 e. The molecule has 1 heterocycles. The third-order valence-electron chi connectivity index (χ3n) is 3.06. The zero-order valence-electron chi connectivity index (χ0n) is 12.1. The number of carboxylic acid groups (broad SMARTS) is 1. The van der Waals surface area contributed by atoms with Crippen LogP contribution >= 0.6 is 11.8 Å². The molecule has 0 aliphatic heterocycles. The molecule has 0 saturated carbocycles. The van der Waals surface area contributed by atoms with Gasteiger partial charge in [-0.25, -0.2) is 0 Å². The van der Waals surface area contributed by atoms with Gasteiger partial charge >= 0.3 is 5.97 Å². The summed E-state index contributed by atoms with van der Waals surface area (Å²) in [7, 11) is 1.72. The van der Waals surface area contributed by atoms with Gasteiger partial charge in [0.15, 0.2) is 0 Å². The lowest BCUT2D eigenvalue weighted by molar-refractivity contribution is -0.143. The van der Waals surface area contributed by atoms with Gasteiger partial charge in [-0.3, -0.25) is 9.69 Å². The topological polar surface area (TPSA) is 79.5 Å². The number of likely N-dealkylation sites (N-methyl/N-ethyl adjacent to an activating group) is 1. The van der Waals surface area contributed by atoms with E-state index in [-0.39, 0.29) is 6.54 Å². The summed E-state index contributed by atoms with van der Waals surface area (Å²) in [6.07, 6.45) is 1.98. The highest BCUT2D eigenvalue weighted by molar-refractivity contribution is 7.98. The molecule has 7 heteroatoms. The fourth-order valence-electron chi connectivity index (χ4n) is 2.08. The van der Waals surface area contributed by atoms with Crippen LogP contribution in [-0.4, -0.2) is 39.5 Å². The molecule has 0 bridgehead atoms. The van der Waals surface area contributed by atoms with E-state index >= 15 is 0 Å². The first kappa shape index (κ1) is 15.5. The molecule has 0 aliphatic carbocycles. The lowest BCUT2D eigenvalue weighted by Crippen LogP contribution is -2.30. The van der Waals surface area contributed by atoms with Crippen LogP contribution in [0.25, 0.3) is 0 Å². The number of rotatable bonds is 6. The molecular weight excluding hydrogens is 290 g/mol. The normalized spacial score (nSPS) is 12.6. The van der Waals surface area contributed by atoms with Crippen LogP contribution in [0, 0.1) is 6.92 Å². The monoisotopic (exact) mass is 307 g/mol. The van der Waals surface area contributed by atoms with Crippen LogP contribution in [0.4, 0.5) is 0 Å². The molecule has 1 atom stereocenters. The summed E-state index contributed by atoms with van der Waals surface area (Å²) in [5.41, 5.74) is 0.721. The predicted molar refractivity (Wildman–Crippen MR) is 79.1 cm³/mol. The van der Waals surface area contributed by atoms with Crippen molar-refractivity contribution in [3.63, 3.8) is 0 Å². The van der Waals surface area contributed by atoms with E-state index in [1.807, 2.05) is 30.5 Å². The molecule has 1 aromatic heterocycles. The second kappa shape index (κ2) is 6.73. The molecule has 0 spiro atoms. The first-order chi connectivity index (χ1) is 10.0. The number of carboxylic acids is 1. The van der Waals surface area contributed by atoms with E-state index in [1.165, 1.54) is 0 Å². The fourth-order valence-corrected chi connectivity index (χ4v) is 2.49. The summed E-state index contributed by atoms with van der Waals surface area (Å²) in [5.74, 6) is -0.0396. The number of hydrogen-bond donors (Lipinski definition) is 1. The van der Waals surface area contributed by atoms with E-state index in [0.717, 1.165) is 10.5 Å². The molecule has 1 N–H and O–H groups in total. The minimum atomic E-state index is -0.911. The van der Waals surface area contributed by atoms with Crippen molar-refractivity contribution in [3.05, 3.63) is 41.6 Å². The lowest BCUT2D eigenvalue weighted by Gasteiger charge is -2.23.